The standard InChI is InChI=1S/C9H14N4/c1-13(2)9-11-7(6-3-4-6)5-8(10)12-9/h5-6H,3-4H2,1-2H3,(H2,10,11,12). The van der Waals surface area contributed by atoms with Crippen molar-refractivity contribution in [2.24, 2.45) is 0 Å². The van der Waals surface area contributed by atoms with Crippen molar-refractivity contribution in [3.05, 3.63) is 11.8 Å². The Morgan fingerprint density at radius 3 is 2.62 bits per heavy atom. The lowest BCUT2D eigenvalue weighted by atomic mass is 10.3. The number of nitrogen functional groups attached to an aromatic ring is 1. The van der Waals surface area contributed by atoms with Crippen molar-refractivity contribution >= 4 is 11.8 Å². The van der Waals surface area contributed by atoms with Gasteiger partial charge in [-0.3, -0.25) is 0 Å². The first-order valence-electron chi connectivity index (χ1n) is 4.48. The molecular formula is C9H14N4. The van der Waals surface area contributed by atoms with E-state index in [1.807, 2.05) is 25.1 Å². The van der Waals surface area contributed by atoms with Crippen molar-refractivity contribution in [1.82, 2.24) is 9.97 Å². The molecule has 0 radical (unpaired) electrons. The van der Waals surface area contributed by atoms with Crippen LogP contribution in [0.4, 0.5) is 11.8 Å². The van der Waals surface area contributed by atoms with E-state index < -0.39 is 0 Å². The zero-order valence-electron chi connectivity index (χ0n) is 7.99. The fraction of sp³-hybridized carbons (Fsp3) is 0.556. The highest BCUT2D eigenvalue weighted by Crippen LogP contribution is 2.39. The molecule has 1 aromatic heterocycles. The monoisotopic (exact) mass is 178 g/mol. The van der Waals surface area contributed by atoms with Gasteiger partial charge in [-0.15, -0.1) is 0 Å². The number of hydrogen-bond acceptors (Lipinski definition) is 4. The van der Waals surface area contributed by atoms with E-state index >= 15 is 0 Å². The first kappa shape index (κ1) is 8.29. The van der Waals surface area contributed by atoms with E-state index in [1.54, 1.807) is 0 Å². The molecule has 0 spiro atoms. The van der Waals surface area contributed by atoms with E-state index in [0.29, 0.717) is 17.7 Å². The molecule has 0 amide bonds. The SMILES string of the molecule is CN(C)c1nc(N)cc(C2CC2)n1. The lowest BCUT2D eigenvalue weighted by Crippen LogP contribution is -2.14. The van der Waals surface area contributed by atoms with Gasteiger partial charge >= 0.3 is 0 Å². The molecule has 2 rings (SSSR count). The molecule has 0 unspecified atom stereocenters. The fourth-order valence-electron chi connectivity index (χ4n) is 1.26. The molecule has 13 heavy (non-hydrogen) atoms. The van der Waals surface area contributed by atoms with Crippen LogP contribution in [0.25, 0.3) is 0 Å². The van der Waals surface area contributed by atoms with E-state index in [-0.39, 0.29) is 0 Å². The third-order valence-electron chi connectivity index (χ3n) is 2.15. The molecule has 0 aromatic carbocycles. The van der Waals surface area contributed by atoms with E-state index in [1.165, 1.54) is 12.8 Å². The molecule has 70 valence electrons. The minimum Gasteiger partial charge on any atom is -0.384 e. The van der Waals surface area contributed by atoms with Crippen molar-refractivity contribution in [2.45, 2.75) is 18.8 Å². The Labute approximate surface area is 77.8 Å². The lowest BCUT2D eigenvalue weighted by Gasteiger charge is -2.11. The molecule has 0 aliphatic heterocycles. The maximum atomic E-state index is 5.68. The Kier molecular flexibility index (Phi) is 1.83. The van der Waals surface area contributed by atoms with Crippen LogP contribution in [0.1, 0.15) is 24.5 Å². The maximum absolute atomic E-state index is 5.68. The Balaban J connectivity index is 2.36. The number of anilines is 2. The molecule has 1 aliphatic rings. The summed E-state index contributed by atoms with van der Waals surface area (Å²) in [6.45, 7) is 0. The molecular weight excluding hydrogens is 164 g/mol. The van der Waals surface area contributed by atoms with Gasteiger partial charge in [0.15, 0.2) is 0 Å². The fourth-order valence-corrected chi connectivity index (χ4v) is 1.26. The molecule has 1 aromatic rings. The third-order valence-corrected chi connectivity index (χ3v) is 2.15. The van der Waals surface area contributed by atoms with Crippen LogP contribution in [0.5, 0.6) is 0 Å². The molecule has 4 heteroatoms. The summed E-state index contributed by atoms with van der Waals surface area (Å²) in [6.07, 6.45) is 2.48. The second-order valence-electron chi connectivity index (χ2n) is 3.69. The van der Waals surface area contributed by atoms with Crippen molar-refractivity contribution in [1.29, 1.82) is 0 Å². The molecule has 0 saturated heterocycles. The molecule has 0 atom stereocenters. The average molecular weight is 178 g/mol. The second kappa shape index (κ2) is 2.87. The van der Waals surface area contributed by atoms with Gasteiger partial charge in [0, 0.05) is 26.1 Å². The first-order chi connectivity index (χ1) is 6.16. The average Bonchev–Trinajstić information content (AvgIpc) is 2.85. The number of rotatable bonds is 2. The van der Waals surface area contributed by atoms with Crippen molar-refractivity contribution in [3.63, 3.8) is 0 Å². The van der Waals surface area contributed by atoms with Crippen LogP contribution in [-0.4, -0.2) is 24.1 Å². The highest BCUT2D eigenvalue weighted by molar-refractivity contribution is 5.41. The van der Waals surface area contributed by atoms with Gasteiger partial charge in [0.1, 0.15) is 5.82 Å². The Morgan fingerprint density at radius 1 is 1.38 bits per heavy atom. The largest absolute Gasteiger partial charge is 0.384 e. The number of hydrogen-bond donors (Lipinski definition) is 1. The van der Waals surface area contributed by atoms with Gasteiger partial charge < -0.3 is 10.6 Å². The van der Waals surface area contributed by atoms with E-state index in [9.17, 15) is 0 Å². The molecule has 0 bridgehead atoms. The summed E-state index contributed by atoms with van der Waals surface area (Å²) in [5.41, 5.74) is 6.78. The van der Waals surface area contributed by atoms with Gasteiger partial charge in [-0.05, 0) is 12.8 Å². The number of aromatic nitrogens is 2. The van der Waals surface area contributed by atoms with Crippen LogP contribution < -0.4 is 10.6 Å². The highest BCUT2D eigenvalue weighted by atomic mass is 15.2. The zero-order valence-corrected chi connectivity index (χ0v) is 7.99. The Hall–Kier alpha value is -1.32. The quantitative estimate of drug-likeness (QED) is 0.734. The van der Waals surface area contributed by atoms with Gasteiger partial charge in [0.2, 0.25) is 5.95 Å². The van der Waals surface area contributed by atoms with Crippen LogP contribution in [0.3, 0.4) is 0 Å². The van der Waals surface area contributed by atoms with Crippen molar-refractivity contribution in [3.8, 4) is 0 Å². The van der Waals surface area contributed by atoms with Crippen LogP contribution >= 0.6 is 0 Å². The summed E-state index contributed by atoms with van der Waals surface area (Å²) >= 11 is 0. The number of nitrogens with two attached hydrogens (primary N) is 1. The summed E-state index contributed by atoms with van der Waals surface area (Å²) in [5.74, 6) is 1.91. The van der Waals surface area contributed by atoms with E-state index in [0.717, 1.165) is 5.69 Å². The van der Waals surface area contributed by atoms with Crippen LogP contribution in [0, 0.1) is 0 Å². The summed E-state index contributed by atoms with van der Waals surface area (Å²) in [7, 11) is 3.84. The Morgan fingerprint density at radius 2 is 2.08 bits per heavy atom. The van der Waals surface area contributed by atoms with Gasteiger partial charge in [0.25, 0.3) is 0 Å². The van der Waals surface area contributed by atoms with E-state index in [2.05, 4.69) is 9.97 Å². The predicted octanol–water partition coefficient (Wildman–Crippen LogP) is 1.00. The highest BCUT2D eigenvalue weighted by Gasteiger charge is 2.26. The second-order valence-corrected chi connectivity index (χ2v) is 3.69. The number of nitrogens with zero attached hydrogens (tertiary/aromatic N) is 3. The molecule has 1 heterocycles. The summed E-state index contributed by atoms with van der Waals surface area (Å²) < 4.78 is 0. The van der Waals surface area contributed by atoms with Crippen LogP contribution in [-0.2, 0) is 0 Å². The van der Waals surface area contributed by atoms with Crippen molar-refractivity contribution < 1.29 is 0 Å². The zero-order chi connectivity index (χ0) is 9.42. The molecule has 4 nitrogen and oxygen atoms in total. The molecule has 1 saturated carbocycles. The van der Waals surface area contributed by atoms with Gasteiger partial charge in [-0.2, -0.15) is 4.98 Å². The van der Waals surface area contributed by atoms with Gasteiger partial charge in [-0.1, -0.05) is 0 Å². The molecule has 1 fully saturated rings. The van der Waals surface area contributed by atoms with Crippen LogP contribution in [0.2, 0.25) is 0 Å². The summed E-state index contributed by atoms with van der Waals surface area (Å²) in [6, 6.07) is 1.88. The Bertz CT molecular complexity index is 297. The summed E-state index contributed by atoms with van der Waals surface area (Å²) in [4.78, 5) is 10.4. The van der Waals surface area contributed by atoms with Gasteiger partial charge in [0.05, 0.1) is 5.69 Å². The molecule has 1 aliphatic carbocycles. The minimum absolute atomic E-state index is 0.570. The predicted molar refractivity (Wildman–Crippen MR) is 52.7 cm³/mol. The smallest absolute Gasteiger partial charge is 0.227 e. The van der Waals surface area contributed by atoms with Crippen LogP contribution in [0.15, 0.2) is 6.07 Å². The third kappa shape index (κ3) is 1.71. The first-order valence-corrected chi connectivity index (χ1v) is 4.48. The lowest BCUT2D eigenvalue weighted by molar-refractivity contribution is 0.937. The maximum Gasteiger partial charge on any atom is 0.227 e. The molecule has 2 N–H and O–H groups in total. The minimum atomic E-state index is 0.570. The topological polar surface area (TPSA) is 55.0 Å². The van der Waals surface area contributed by atoms with Crippen molar-refractivity contribution in [2.75, 3.05) is 24.7 Å². The van der Waals surface area contributed by atoms with E-state index in [4.69, 9.17) is 5.73 Å². The van der Waals surface area contributed by atoms with Gasteiger partial charge in [-0.25, -0.2) is 4.98 Å². The normalized spacial score (nSPS) is 15.8. The summed E-state index contributed by atoms with van der Waals surface area (Å²) in [5, 5.41) is 0.